The molecule has 0 bridgehead atoms. The third-order valence-electron chi connectivity index (χ3n) is 5.88. The second-order valence-electron chi connectivity index (χ2n) is 7.64. The minimum Gasteiger partial charge on any atom is -0.497 e. The Bertz CT molecular complexity index is 1010. The predicted molar refractivity (Wildman–Crippen MR) is 121 cm³/mol. The van der Waals surface area contributed by atoms with Crippen molar-refractivity contribution in [2.75, 3.05) is 26.1 Å². The van der Waals surface area contributed by atoms with Crippen LogP contribution in [-0.4, -0.2) is 26.7 Å². The van der Waals surface area contributed by atoms with E-state index in [1.165, 1.54) is 0 Å². The van der Waals surface area contributed by atoms with Gasteiger partial charge in [-0.25, -0.2) is 0 Å². The summed E-state index contributed by atoms with van der Waals surface area (Å²) in [7, 11) is 3.31. The summed E-state index contributed by atoms with van der Waals surface area (Å²) in [6.45, 7) is 2.55. The number of amides is 1. The van der Waals surface area contributed by atoms with Crippen LogP contribution >= 0.6 is 0 Å². The fourth-order valence-corrected chi connectivity index (χ4v) is 4.22. The molecule has 0 radical (unpaired) electrons. The highest BCUT2D eigenvalue weighted by molar-refractivity contribution is 5.97. The van der Waals surface area contributed by atoms with E-state index in [0.717, 1.165) is 40.5 Å². The van der Waals surface area contributed by atoms with E-state index >= 15 is 0 Å². The number of carbonyl (C=O) groups is 1. The van der Waals surface area contributed by atoms with Gasteiger partial charge in [0.25, 0.3) is 0 Å². The first-order valence-electron chi connectivity index (χ1n) is 10.4. The van der Waals surface area contributed by atoms with Crippen LogP contribution in [0.3, 0.4) is 0 Å². The second-order valence-corrected chi connectivity index (χ2v) is 7.64. The number of hydrogen-bond donors (Lipinski definition) is 1. The molecule has 3 aromatic carbocycles. The van der Waals surface area contributed by atoms with Crippen LogP contribution in [0.2, 0.25) is 0 Å². The van der Waals surface area contributed by atoms with Gasteiger partial charge in [0.15, 0.2) is 0 Å². The van der Waals surface area contributed by atoms with Gasteiger partial charge >= 0.3 is 0 Å². The molecule has 1 atom stereocenters. The molecular formula is C26H27NO4. The number of nitrogens with one attached hydrogen (secondary N) is 1. The number of methoxy groups -OCH3 is 2. The molecule has 160 valence electrons. The van der Waals surface area contributed by atoms with Crippen molar-refractivity contribution in [2.24, 2.45) is 5.92 Å². The van der Waals surface area contributed by atoms with Gasteiger partial charge < -0.3 is 19.5 Å². The Morgan fingerprint density at radius 2 is 1.48 bits per heavy atom. The van der Waals surface area contributed by atoms with Gasteiger partial charge in [-0.3, -0.25) is 4.79 Å². The minimum absolute atomic E-state index is 0.00482. The highest BCUT2D eigenvalue weighted by Crippen LogP contribution is 2.60. The van der Waals surface area contributed by atoms with Gasteiger partial charge in [-0.15, -0.1) is 0 Å². The zero-order valence-electron chi connectivity index (χ0n) is 18.1. The lowest BCUT2D eigenvalue weighted by Crippen LogP contribution is -2.22. The van der Waals surface area contributed by atoms with E-state index in [1.807, 2.05) is 67.6 Å². The number of ether oxygens (including phenoxy) is 3. The zero-order chi connectivity index (χ0) is 21.8. The highest BCUT2D eigenvalue weighted by atomic mass is 16.5. The average molecular weight is 418 g/mol. The van der Waals surface area contributed by atoms with Crippen molar-refractivity contribution in [1.29, 1.82) is 0 Å². The molecule has 1 aliphatic rings. The molecule has 5 nitrogen and oxygen atoms in total. The van der Waals surface area contributed by atoms with Crippen molar-refractivity contribution in [2.45, 2.75) is 18.8 Å². The van der Waals surface area contributed by atoms with Gasteiger partial charge in [0.2, 0.25) is 5.91 Å². The summed E-state index contributed by atoms with van der Waals surface area (Å²) in [6, 6.07) is 23.4. The first-order chi connectivity index (χ1) is 15.1. The first-order valence-corrected chi connectivity index (χ1v) is 10.4. The van der Waals surface area contributed by atoms with E-state index in [9.17, 15) is 4.79 Å². The number of anilines is 1. The van der Waals surface area contributed by atoms with Gasteiger partial charge in [0.1, 0.15) is 17.2 Å². The maximum atomic E-state index is 13.3. The fraction of sp³-hybridized carbons (Fsp3) is 0.269. The summed E-state index contributed by atoms with van der Waals surface area (Å²) < 4.78 is 16.4. The van der Waals surface area contributed by atoms with E-state index in [4.69, 9.17) is 14.2 Å². The topological polar surface area (TPSA) is 56.8 Å². The molecule has 1 saturated carbocycles. The van der Waals surface area contributed by atoms with Crippen molar-refractivity contribution in [3.63, 3.8) is 0 Å². The number of benzene rings is 3. The molecule has 3 aromatic rings. The van der Waals surface area contributed by atoms with Crippen LogP contribution in [-0.2, 0) is 10.2 Å². The molecule has 0 saturated heterocycles. The Labute approximate surface area is 183 Å². The lowest BCUT2D eigenvalue weighted by Gasteiger charge is -2.20. The molecular weight excluding hydrogens is 390 g/mol. The van der Waals surface area contributed by atoms with E-state index in [-0.39, 0.29) is 11.8 Å². The Morgan fingerprint density at radius 3 is 2.00 bits per heavy atom. The van der Waals surface area contributed by atoms with Crippen molar-refractivity contribution >= 4 is 11.6 Å². The van der Waals surface area contributed by atoms with Gasteiger partial charge in [-0.1, -0.05) is 24.3 Å². The van der Waals surface area contributed by atoms with Crippen molar-refractivity contribution < 1.29 is 19.0 Å². The van der Waals surface area contributed by atoms with E-state index < -0.39 is 5.41 Å². The van der Waals surface area contributed by atoms with Crippen LogP contribution in [0, 0.1) is 5.92 Å². The predicted octanol–water partition coefficient (Wildman–Crippen LogP) is 5.05. The molecule has 5 heteroatoms. The number of carbonyl (C=O) groups excluding carboxylic acids is 1. The minimum atomic E-state index is -0.418. The lowest BCUT2D eigenvalue weighted by atomic mass is 9.85. The molecule has 0 spiro atoms. The second kappa shape index (κ2) is 8.72. The van der Waals surface area contributed by atoms with Crippen molar-refractivity contribution in [3.05, 3.63) is 83.9 Å². The monoisotopic (exact) mass is 417 g/mol. The Balaban J connectivity index is 1.64. The molecule has 1 fully saturated rings. The highest BCUT2D eigenvalue weighted by Gasteiger charge is 2.60. The van der Waals surface area contributed by atoms with Crippen LogP contribution in [0.15, 0.2) is 72.8 Å². The summed E-state index contributed by atoms with van der Waals surface area (Å²) in [4.78, 5) is 13.3. The number of hydrogen-bond acceptors (Lipinski definition) is 4. The Hall–Kier alpha value is -3.47. The first kappa shape index (κ1) is 20.8. The summed E-state index contributed by atoms with van der Waals surface area (Å²) >= 11 is 0. The SMILES string of the molecule is CCOc1ccc(NC(=O)[C@H]2CC2(c2cccc(OC)c2)c2cccc(OC)c2)cc1. The molecule has 1 N–H and O–H groups in total. The smallest absolute Gasteiger partial charge is 0.228 e. The van der Waals surface area contributed by atoms with Crippen molar-refractivity contribution in [3.8, 4) is 17.2 Å². The largest absolute Gasteiger partial charge is 0.497 e. The Kier molecular flexibility index (Phi) is 5.85. The molecule has 0 unspecified atom stereocenters. The van der Waals surface area contributed by atoms with Crippen LogP contribution in [0.5, 0.6) is 17.2 Å². The fourth-order valence-electron chi connectivity index (χ4n) is 4.22. The quantitative estimate of drug-likeness (QED) is 0.557. The van der Waals surface area contributed by atoms with Crippen LogP contribution < -0.4 is 19.5 Å². The van der Waals surface area contributed by atoms with E-state index in [1.54, 1.807) is 14.2 Å². The van der Waals surface area contributed by atoms with Crippen molar-refractivity contribution in [1.82, 2.24) is 0 Å². The van der Waals surface area contributed by atoms with E-state index in [2.05, 4.69) is 17.4 Å². The standard InChI is InChI=1S/C26H27NO4/c1-4-31-21-13-11-20(12-14-21)27-25(28)24-17-26(24,18-7-5-9-22(15-18)29-2)19-8-6-10-23(16-19)30-3/h5-16,24H,4,17H2,1-3H3,(H,27,28)/t24-/m1/s1. The summed E-state index contributed by atoms with van der Waals surface area (Å²) in [5.41, 5.74) is 2.46. The summed E-state index contributed by atoms with van der Waals surface area (Å²) in [5, 5.41) is 3.07. The molecule has 4 rings (SSSR count). The molecule has 0 aromatic heterocycles. The lowest BCUT2D eigenvalue weighted by molar-refractivity contribution is -0.117. The van der Waals surface area contributed by atoms with E-state index in [0.29, 0.717) is 6.61 Å². The van der Waals surface area contributed by atoms with Gasteiger partial charge in [-0.05, 0) is 73.0 Å². The van der Waals surface area contributed by atoms with Gasteiger partial charge in [0, 0.05) is 11.1 Å². The molecule has 1 aliphatic carbocycles. The number of rotatable bonds is 8. The molecule has 1 amide bonds. The maximum Gasteiger partial charge on any atom is 0.228 e. The average Bonchev–Trinajstić information content (AvgIpc) is 3.58. The maximum absolute atomic E-state index is 13.3. The van der Waals surface area contributed by atoms with Crippen LogP contribution in [0.4, 0.5) is 5.69 Å². The molecule has 31 heavy (non-hydrogen) atoms. The Morgan fingerprint density at radius 1 is 0.903 bits per heavy atom. The van der Waals surface area contributed by atoms with Crippen LogP contribution in [0.25, 0.3) is 0 Å². The molecule has 0 heterocycles. The normalized spacial score (nSPS) is 16.3. The zero-order valence-corrected chi connectivity index (χ0v) is 18.1. The summed E-state index contributed by atoms with van der Waals surface area (Å²) in [5.74, 6) is 2.14. The van der Waals surface area contributed by atoms with Gasteiger partial charge in [0.05, 0.1) is 26.7 Å². The van der Waals surface area contributed by atoms with Gasteiger partial charge in [-0.2, -0.15) is 0 Å². The third kappa shape index (κ3) is 4.08. The third-order valence-corrected chi connectivity index (χ3v) is 5.88. The summed E-state index contributed by atoms with van der Waals surface area (Å²) in [6.07, 6.45) is 0.718. The van der Waals surface area contributed by atoms with Crippen LogP contribution in [0.1, 0.15) is 24.5 Å². The molecule has 0 aliphatic heterocycles.